The first-order valence-electron chi connectivity index (χ1n) is 10.0. The van der Waals surface area contributed by atoms with Crippen LogP contribution in [-0.2, 0) is 14.8 Å². The van der Waals surface area contributed by atoms with Gasteiger partial charge >= 0.3 is 0 Å². The van der Waals surface area contributed by atoms with E-state index in [1.807, 2.05) is 63.2 Å². The normalized spacial score (nSPS) is 17.1. The number of piperazine rings is 1. The van der Waals surface area contributed by atoms with Crippen molar-refractivity contribution in [3.63, 3.8) is 0 Å². The van der Waals surface area contributed by atoms with Gasteiger partial charge in [-0.3, -0.25) is 4.79 Å². The van der Waals surface area contributed by atoms with E-state index in [2.05, 4.69) is 5.32 Å². The van der Waals surface area contributed by atoms with Crippen LogP contribution >= 0.6 is 0 Å². The molecule has 7 heteroatoms. The van der Waals surface area contributed by atoms with E-state index in [4.69, 9.17) is 0 Å². The van der Waals surface area contributed by atoms with Gasteiger partial charge < -0.3 is 10.2 Å². The van der Waals surface area contributed by atoms with Gasteiger partial charge in [-0.05, 0) is 43.5 Å². The molecule has 1 heterocycles. The maximum atomic E-state index is 13.0. The van der Waals surface area contributed by atoms with Crippen LogP contribution in [0.4, 0.5) is 0 Å². The Morgan fingerprint density at radius 2 is 1.76 bits per heavy atom. The second kappa shape index (κ2) is 9.07. The van der Waals surface area contributed by atoms with Crippen molar-refractivity contribution in [1.82, 2.24) is 9.62 Å². The van der Waals surface area contributed by atoms with Crippen LogP contribution in [0.2, 0.25) is 0 Å². The molecule has 1 fully saturated rings. The fraction of sp³-hybridized carbons (Fsp3) is 0.409. The Morgan fingerprint density at radius 1 is 1.10 bits per heavy atom. The van der Waals surface area contributed by atoms with E-state index in [0.29, 0.717) is 37.6 Å². The molecule has 2 aromatic rings. The largest absolute Gasteiger partial charge is 0.345 e. The molecule has 3 rings (SSSR count). The molecule has 2 aromatic carbocycles. The van der Waals surface area contributed by atoms with Crippen molar-refractivity contribution in [2.45, 2.75) is 31.7 Å². The van der Waals surface area contributed by atoms with Crippen molar-refractivity contribution in [3.8, 4) is 0 Å². The molecule has 0 spiro atoms. The van der Waals surface area contributed by atoms with E-state index in [1.54, 1.807) is 10.4 Å². The molecule has 1 amide bonds. The molecule has 0 bridgehead atoms. The molecule has 0 aromatic heterocycles. The van der Waals surface area contributed by atoms with Crippen molar-refractivity contribution in [2.75, 3.05) is 32.7 Å². The molecular weight excluding hydrogens is 386 g/mol. The lowest BCUT2D eigenvalue weighted by atomic mass is 10.1. The van der Waals surface area contributed by atoms with E-state index in [-0.39, 0.29) is 11.9 Å². The summed E-state index contributed by atoms with van der Waals surface area (Å²) in [6.45, 7) is 8.14. The minimum atomic E-state index is -3.50. The van der Waals surface area contributed by atoms with Crippen molar-refractivity contribution in [3.05, 3.63) is 65.2 Å². The third-order valence-electron chi connectivity index (χ3n) is 5.48. The fourth-order valence-electron chi connectivity index (χ4n) is 3.69. The first-order chi connectivity index (χ1) is 13.8. The lowest BCUT2D eigenvalue weighted by molar-refractivity contribution is -0.895. The molecule has 0 saturated carbocycles. The Bertz CT molecular complexity index is 953. The number of amides is 1. The quantitative estimate of drug-likeness (QED) is 0.740. The summed E-state index contributed by atoms with van der Waals surface area (Å²) in [5.74, 6) is -0.0119. The highest BCUT2D eigenvalue weighted by atomic mass is 32.2. The number of carbonyl (C=O) groups excluding carboxylic acids is 1. The number of nitrogens with one attached hydrogen (secondary N) is 2. The maximum Gasteiger partial charge on any atom is 0.275 e. The van der Waals surface area contributed by atoms with Crippen molar-refractivity contribution in [2.24, 2.45) is 0 Å². The molecule has 1 atom stereocenters. The molecule has 6 nitrogen and oxygen atoms in total. The predicted molar refractivity (Wildman–Crippen MR) is 113 cm³/mol. The number of hydrogen-bond donors (Lipinski definition) is 2. The lowest BCUT2D eigenvalue weighted by Gasteiger charge is -2.31. The number of quaternary nitrogens is 1. The fourth-order valence-corrected chi connectivity index (χ4v) is 5.44. The average Bonchev–Trinajstić information content (AvgIpc) is 2.70. The minimum absolute atomic E-state index is 0.0119. The van der Waals surface area contributed by atoms with Gasteiger partial charge in [-0.2, -0.15) is 4.31 Å². The smallest absolute Gasteiger partial charge is 0.275 e. The Morgan fingerprint density at radius 3 is 2.41 bits per heavy atom. The molecular formula is C22H30N3O3S+. The van der Waals surface area contributed by atoms with Crippen LogP contribution in [-0.4, -0.2) is 51.4 Å². The molecule has 1 aliphatic heterocycles. The van der Waals surface area contributed by atoms with Gasteiger partial charge in [-0.1, -0.05) is 42.5 Å². The highest BCUT2D eigenvalue weighted by molar-refractivity contribution is 7.89. The lowest BCUT2D eigenvalue weighted by Crippen LogP contribution is -3.15. The van der Waals surface area contributed by atoms with Gasteiger partial charge in [0.15, 0.2) is 6.54 Å². The zero-order valence-corrected chi connectivity index (χ0v) is 18.1. The van der Waals surface area contributed by atoms with Crippen molar-refractivity contribution in [1.29, 1.82) is 0 Å². The Kier molecular flexibility index (Phi) is 6.72. The van der Waals surface area contributed by atoms with Crippen LogP contribution in [0.25, 0.3) is 0 Å². The maximum absolute atomic E-state index is 13.0. The number of carbonyl (C=O) groups is 1. The van der Waals surface area contributed by atoms with Gasteiger partial charge in [-0.15, -0.1) is 0 Å². The zero-order valence-electron chi connectivity index (χ0n) is 17.3. The summed E-state index contributed by atoms with van der Waals surface area (Å²) in [5, 5.41) is 3.03. The van der Waals surface area contributed by atoms with Crippen LogP contribution in [0.5, 0.6) is 0 Å². The first-order valence-corrected chi connectivity index (χ1v) is 11.5. The van der Waals surface area contributed by atoms with Gasteiger partial charge in [0.05, 0.1) is 37.1 Å². The number of benzene rings is 2. The molecule has 1 aliphatic rings. The SMILES string of the molecule is Cc1ccc(C)c(S(=O)(=O)N2CC[NH+](CC(=O)N[C@H](C)c3ccccc3)CC2)c1. The molecule has 2 N–H and O–H groups in total. The summed E-state index contributed by atoms with van der Waals surface area (Å²) < 4.78 is 27.6. The van der Waals surface area contributed by atoms with Crippen LogP contribution in [0.3, 0.4) is 0 Å². The van der Waals surface area contributed by atoms with Crippen molar-refractivity contribution >= 4 is 15.9 Å². The van der Waals surface area contributed by atoms with E-state index in [1.165, 1.54) is 0 Å². The Balaban J connectivity index is 1.55. The van der Waals surface area contributed by atoms with Crippen molar-refractivity contribution < 1.29 is 18.1 Å². The molecule has 0 radical (unpaired) electrons. The summed E-state index contributed by atoms with van der Waals surface area (Å²) in [7, 11) is -3.50. The molecule has 0 unspecified atom stereocenters. The van der Waals surface area contributed by atoms with E-state index < -0.39 is 10.0 Å². The summed E-state index contributed by atoms with van der Waals surface area (Å²) in [6.07, 6.45) is 0. The van der Waals surface area contributed by atoms with Gasteiger partial charge in [0.1, 0.15) is 0 Å². The van der Waals surface area contributed by atoms with Gasteiger partial charge in [-0.25, -0.2) is 8.42 Å². The first kappa shape index (κ1) is 21.5. The topological polar surface area (TPSA) is 70.9 Å². The molecule has 0 aliphatic carbocycles. The number of hydrogen-bond acceptors (Lipinski definition) is 3. The number of rotatable bonds is 6. The number of sulfonamides is 1. The second-order valence-corrected chi connectivity index (χ2v) is 9.71. The predicted octanol–water partition coefficient (Wildman–Crippen LogP) is 1.07. The summed E-state index contributed by atoms with van der Waals surface area (Å²) in [5.41, 5.74) is 2.77. The summed E-state index contributed by atoms with van der Waals surface area (Å²) in [6, 6.07) is 15.3. The van der Waals surface area contributed by atoms with Crippen LogP contribution in [0.15, 0.2) is 53.4 Å². The highest BCUT2D eigenvalue weighted by Gasteiger charge is 2.32. The van der Waals surface area contributed by atoms with E-state index in [9.17, 15) is 13.2 Å². The third-order valence-corrected chi connectivity index (χ3v) is 7.52. The molecule has 1 saturated heterocycles. The second-order valence-electron chi connectivity index (χ2n) is 7.80. The van der Waals surface area contributed by atoms with E-state index >= 15 is 0 Å². The van der Waals surface area contributed by atoms with Gasteiger partial charge in [0.25, 0.3) is 5.91 Å². The Hall–Kier alpha value is -2.22. The molecule has 156 valence electrons. The number of nitrogens with zero attached hydrogens (tertiary/aromatic N) is 1. The monoisotopic (exact) mass is 416 g/mol. The van der Waals surface area contributed by atoms with Gasteiger partial charge in [0, 0.05) is 0 Å². The third kappa shape index (κ3) is 5.23. The molecule has 29 heavy (non-hydrogen) atoms. The highest BCUT2D eigenvalue weighted by Crippen LogP contribution is 2.21. The van der Waals surface area contributed by atoms with Crippen LogP contribution in [0, 0.1) is 13.8 Å². The van der Waals surface area contributed by atoms with E-state index in [0.717, 1.165) is 21.6 Å². The number of aryl methyl sites for hydroxylation is 2. The van der Waals surface area contributed by atoms with Crippen LogP contribution < -0.4 is 10.2 Å². The van der Waals surface area contributed by atoms with Gasteiger partial charge in [0.2, 0.25) is 10.0 Å². The standard InChI is InChI=1S/C22H29N3O3S/c1-17-9-10-18(2)21(15-17)29(27,28)25-13-11-24(12-14-25)16-22(26)23-19(3)20-7-5-4-6-8-20/h4-10,15,19H,11-14,16H2,1-3H3,(H,23,26)/p+1/t19-/m1/s1. The zero-order chi connectivity index (χ0) is 21.0. The van der Waals surface area contributed by atoms with Crippen LogP contribution in [0.1, 0.15) is 29.7 Å². The minimum Gasteiger partial charge on any atom is -0.345 e. The average molecular weight is 417 g/mol. The summed E-state index contributed by atoms with van der Waals surface area (Å²) in [4.78, 5) is 13.9. The summed E-state index contributed by atoms with van der Waals surface area (Å²) >= 11 is 0. The Labute approximate surface area is 173 Å².